The predicted octanol–water partition coefficient (Wildman–Crippen LogP) is 0.142. The van der Waals surface area contributed by atoms with E-state index >= 15 is 0 Å². The highest BCUT2D eigenvalue weighted by Crippen LogP contribution is 2.06. The molecule has 0 bridgehead atoms. The van der Waals surface area contributed by atoms with Gasteiger partial charge in [-0.25, -0.2) is 0 Å². The standard InChI is InChI=1S/C12H19N3O2/c1-14(10-6-13-7-10)9-12(16)15(2)8-11-4-3-5-17-11/h3-5,10,13H,6-9H2,1-2H3. The zero-order valence-corrected chi connectivity index (χ0v) is 10.3. The minimum atomic E-state index is 0.121. The van der Waals surface area contributed by atoms with Crippen LogP contribution in [0.5, 0.6) is 0 Å². The van der Waals surface area contributed by atoms with Crippen molar-refractivity contribution < 1.29 is 9.21 Å². The van der Waals surface area contributed by atoms with Crippen LogP contribution in [0.15, 0.2) is 22.8 Å². The number of furan rings is 1. The summed E-state index contributed by atoms with van der Waals surface area (Å²) < 4.78 is 5.22. The van der Waals surface area contributed by atoms with Crippen molar-refractivity contribution in [2.45, 2.75) is 12.6 Å². The molecule has 1 amide bonds. The van der Waals surface area contributed by atoms with Gasteiger partial charge in [0.2, 0.25) is 5.91 Å². The lowest BCUT2D eigenvalue weighted by molar-refractivity contribution is -0.132. The van der Waals surface area contributed by atoms with Crippen LogP contribution in [0.4, 0.5) is 0 Å². The molecule has 0 unspecified atom stereocenters. The van der Waals surface area contributed by atoms with Gasteiger partial charge in [0.1, 0.15) is 5.76 Å². The van der Waals surface area contributed by atoms with Crippen molar-refractivity contribution in [2.24, 2.45) is 0 Å². The molecule has 0 atom stereocenters. The third-order valence-corrected chi connectivity index (χ3v) is 3.17. The Morgan fingerprint density at radius 1 is 1.53 bits per heavy atom. The molecule has 1 saturated heterocycles. The summed E-state index contributed by atoms with van der Waals surface area (Å²) in [6.07, 6.45) is 1.62. The highest BCUT2D eigenvalue weighted by Gasteiger charge is 2.24. The smallest absolute Gasteiger partial charge is 0.236 e. The van der Waals surface area contributed by atoms with Crippen LogP contribution in [-0.2, 0) is 11.3 Å². The molecule has 2 rings (SSSR count). The third kappa shape index (κ3) is 3.08. The fraction of sp³-hybridized carbons (Fsp3) is 0.583. The Balaban J connectivity index is 1.78. The summed E-state index contributed by atoms with van der Waals surface area (Å²) in [5, 5.41) is 3.20. The zero-order chi connectivity index (χ0) is 12.3. The van der Waals surface area contributed by atoms with Crippen molar-refractivity contribution in [3.8, 4) is 0 Å². The number of nitrogens with zero attached hydrogens (tertiary/aromatic N) is 2. The molecule has 5 nitrogen and oxygen atoms in total. The number of hydrogen-bond donors (Lipinski definition) is 1. The average Bonchev–Trinajstić information content (AvgIpc) is 2.67. The molecular weight excluding hydrogens is 218 g/mol. The highest BCUT2D eigenvalue weighted by atomic mass is 16.3. The maximum absolute atomic E-state index is 11.9. The van der Waals surface area contributed by atoms with Gasteiger partial charge in [0, 0.05) is 26.2 Å². The monoisotopic (exact) mass is 237 g/mol. The predicted molar refractivity (Wildman–Crippen MR) is 64.5 cm³/mol. The van der Waals surface area contributed by atoms with E-state index in [1.54, 1.807) is 18.2 Å². The minimum Gasteiger partial charge on any atom is -0.467 e. The van der Waals surface area contributed by atoms with E-state index in [0.717, 1.165) is 18.8 Å². The second-order valence-electron chi connectivity index (χ2n) is 4.56. The van der Waals surface area contributed by atoms with Gasteiger partial charge in [-0.1, -0.05) is 0 Å². The van der Waals surface area contributed by atoms with Gasteiger partial charge >= 0.3 is 0 Å². The summed E-state index contributed by atoms with van der Waals surface area (Å²) in [6.45, 7) is 2.95. The van der Waals surface area contributed by atoms with Gasteiger partial charge < -0.3 is 14.6 Å². The van der Waals surface area contributed by atoms with Gasteiger partial charge in [0.15, 0.2) is 0 Å². The SMILES string of the molecule is CN(Cc1ccco1)C(=O)CN(C)C1CNC1. The molecule has 1 fully saturated rings. The summed E-state index contributed by atoms with van der Waals surface area (Å²) in [5.74, 6) is 0.935. The molecule has 1 aliphatic heterocycles. The molecule has 17 heavy (non-hydrogen) atoms. The van der Waals surface area contributed by atoms with E-state index in [4.69, 9.17) is 4.42 Å². The first kappa shape index (κ1) is 12.1. The van der Waals surface area contributed by atoms with Crippen LogP contribution in [0, 0.1) is 0 Å². The fourth-order valence-electron chi connectivity index (χ4n) is 1.77. The van der Waals surface area contributed by atoms with E-state index in [9.17, 15) is 4.79 Å². The van der Waals surface area contributed by atoms with E-state index in [-0.39, 0.29) is 5.91 Å². The maximum Gasteiger partial charge on any atom is 0.236 e. The number of hydrogen-bond acceptors (Lipinski definition) is 4. The lowest BCUT2D eigenvalue weighted by atomic mass is 10.1. The van der Waals surface area contributed by atoms with Crippen LogP contribution >= 0.6 is 0 Å². The molecule has 1 aromatic heterocycles. The number of amides is 1. The van der Waals surface area contributed by atoms with Crippen LogP contribution in [0.25, 0.3) is 0 Å². The number of likely N-dealkylation sites (N-methyl/N-ethyl adjacent to an activating group) is 2. The topological polar surface area (TPSA) is 48.7 Å². The highest BCUT2D eigenvalue weighted by molar-refractivity contribution is 5.77. The van der Waals surface area contributed by atoms with Crippen molar-refractivity contribution in [1.82, 2.24) is 15.1 Å². The second-order valence-corrected chi connectivity index (χ2v) is 4.56. The number of carbonyl (C=O) groups is 1. The first-order valence-electron chi connectivity index (χ1n) is 5.84. The molecule has 1 aromatic rings. The van der Waals surface area contributed by atoms with E-state index < -0.39 is 0 Å². The summed E-state index contributed by atoms with van der Waals surface area (Å²) >= 11 is 0. The maximum atomic E-state index is 11.9. The van der Waals surface area contributed by atoms with E-state index in [2.05, 4.69) is 10.2 Å². The van der Waals surface area contributed by atoms with Gasteiger partial charge in [-0.3, -0.25) is 9.69 Å². The average molecular weight is 237 g/mol. The third-order valence-electron chi connectivity index (χ3n) is 3.17. The normalized spacial score (nSPS) is 15.9. The molecule has 0 aromatic carbocycles. The first-order valence-corrected chi connectivity index (χ1v) is 5.84. The Bertz CT molecular complexity index is 360. The Labute approximate surface area is 101 Å². The Morgan fingerprint density at radius 3 is 2.82 bits per heavy atom. The molecule has 0 aliphatic carbocycles. The van der Waals surface area contributed by atoms with Gasteiger partial charge in [0.25, 0.3) is 0 Å². The minimum absolute atomic E-state index is 0.121. The van der Waals surface area contributed by atoms with Crippen molar-refractivity contribution in [2.75, 3.05) is 33.7 Å². The Kier molecular flexibility index (Phi) is 3.81. The van der Waals surface area contributed by atoms with Crippen molar-refractivity contribution in [3.05, 3.63) is 24.2 Å². The summed E-state index contributed by atoms with van der Waals surface area (Å²) in [5.41, 5.74) is 0. The van der Waals surface area contributed by atoms with Crippen LogP contribution in [0.1, 0.15) is 5.76 Å². The van der Waals surface area contributed by atoms with Crippen LogP contribution < -0.4 is 5.32 Å². The van der Waals surface area contributed by atoms with Crippen molar-refractivity contribution >= 4 is 5.91 Å². The first-order chi connectivity index (χ1) is 8.16. The van der Waals surface area contributed by atoms with E-state index in [1.807, 2.05) is 19.2 Å². The molecular formula is C12H19N3O2. The van der Waals surface area contributed by atoms with Gasteiger partial charge in [-0.15, -0.1) is 0 Å². The van der Waals surface area contributed by atoms with Crippen LogP contribution in [0.2, 0.25) is 0 Å². The number of rotatable bonds is 5. The van der Waals surface area contributed by atoms with Crippen LogP contribution in [-0.4, -0.2) is 55.5 Å². The van der Waals surface area contributed by atoms with E-state index in [0.29, 0.717) is 19.1 Å². The fourth-order valence-corrected chi connectivity index (χ4v) is 1.77. The van der Waals surface area contributed by atoms with Gasteiger partial charge in [0.05, 0.1) is 19.4 Å². The lowest BCUT2D eigenvalue weighted by Crippen LogP contribution is -2.57. The van der Waals surface area contributed by atoms with Crippen LogP contribution in [0.3, 0.4) is 0 Å². The van der Waals surface area contributed by atoms with Crippen molar-refractivity contribution in [3.63, 3.8) is 0 Å². The molecule has 2 heterocycles. The number of carbonyl (C=O) groups excluding carboxylic acids is 1. The largest absolute Gasteiger partial charge is 0.467 e. The molecule has 0 radical (unpaired) electrons. The summed E-state index contributed by atoms with van der Waals surface area (Å²) in [6, 6.07) is 4.21. The molecule has 0 spiro atoms. The molecule has 1 N–H and O–H groups in total. The van der Waals surface area contributed by atoms with Crippen molar-refractivity contribution in [1.29, 1.82) is 0 Å². The van der Waals surface area contributed by atoms with E-state index in [1.165, 1.54) is 0 Å². The van der Waals surface area contributed by atoms with Gasteiger partial charge in [-0.05, 0) is 19.2 Å². The summed E-state index contributed by atoms with van der Waals surface area (Å²) in [4.78, 5) is 15.7. The zero-order valence-electron chi connectivity index (χ0n) is 10.3. The number of nitrogens with one attached hydrogen (secondary N) is 1. The molecule has 1 aliphatic rings. The Morgan fingerprint density at radius 2 is 2.29 bits per heavy atom. The summed E-state index contributed by atoms with van der Waals surface area (Å²) in [7, 11) is 3.79. The quantitative estimate of drug-likeness (QED) is 0.791. The molecule has 0 saturated carbocycles. The Hall–Kier alpha value is -1.33. The van der Waals surface area contributed by atoms with Gasteiger partial charge in [-0.2, -0.15) is 0 Å². The molecule has 5 heteroatoms. The molecule has 94 valence electrons. The second kappa shape index (κ2) is 5.33. The lowest BCUT2D eigenvalue weighted by Gasteiger charge is -2.35.